The summed E-state index contributed by atoms with van der Waals surface area (Å²) in [6.07, 6.45) is 32.5. The van der Waals surface area contributed by atoms with Gasteiger partial charge in [0.1, 0.15) is 6.29 Å². The van der Waals surface area contributed by atoms with Crippen molar-refractivity contribution in [3.63, 3.8) is 0 Å². The summed E-state index contributed by atoms with van der Waals surface area (Å²) in [5.74, 6) is -0.105. The minimum atomic E-state index is -0.105. The highest BCUT2D eigenvalue weighted by molar-refractivity contribution is 8.03. The Morgan fingerprint density at radius 1 is 0.710 bits per heavy atom. The van der Waals surface area contributed by atoms with Crippen LogP contribution in [0.3, 0.4) is 0 Å². The van der Waals surface area contributed by atoms with Gasteiger partial charge in [-0.2, -0.15) is 23.5 Å². The zero-order valence-electron chi connectivity index (χ0n) is 20.5. The average Bonchev–Trinajstić information content (AvgIpc) is 2.78. The predicted molar refractivity (Wildman–Crippen MR) is 144 cm³/mol. The van der Waals surface area contributed by atoms with Crippen molar-refractivity contribution in [1.82, 2.24) is 0 Å². The number of hydrogen-bond acceptors (Lipinski definition) is 4. The first-order valence-corrected chi connectivity index (χ1v) is 15.1. The second-order valence-electron chi connectivity index (χ2n) is 8.46. The molecular formula is C27H48O2S2. The van der Waals surface area contributed by atoms with Crippen molar-refractivity contribution in [3.8, 4) is 0 Å². The lowest BCUT2D eigenvalue weighted by molar-refractivity contribution is -0.111. The second kappa shape index (κ2) is 24.2. The fraction of sp³-hybridized carbons (Fsp3) is 0.778. The van der Waals surface area contributed by atoms with Gasteiger partial charge in [0.05, 0.1) is 0 Å². The van der Waals surface area contributed by atoms with Crippen molar-refractivity contribution in [2.24, 2.45) is 0 Å². The monoisotopic (exact) mass is 468 g/mol. The molecule has 0 radical (unpaired) electrons. The lowest BCUT2D eigenvalue weighted by Crippen LogP contribution is -2.19. The van der Waals surface area contributed by atoms with Gasteiger partial charge in [-0.05, 0) is 56.4 Å². The maximum absolute atomic E-state index is 11.3. The Morgan fingerprint density at radius 3 is 1.68 bits per heavy atom. The average molecular weight is 469 g/mol. The normalized spacial score (nSPS) is 13.8. The van der Waals surface area contributed by atoms with Crippen LogP contribution in [0.2, 0.25) is 0 Å². The number of hydrogen-bond donors (Lipinski definition) is 0. The van der Waals surface area contributed by atoms with Gasteiger partial charge in [0.2, 0.25) is 0 Å². The number of ketones is 1. The Bertz CT molecular complexity index is 474. The zero-order valence-corrected chi connectivity index (χ0v) is 22.1. The van der Waals surface area contributed by atoms with Gasteiger partial charge < -0.3 is 0 Å². The highest BCUT2D eigenvalue weighted by Crippen LogP contribution is 2.30. The molecule has 4 heteroatoms. The van der Waals surface area contributed by atoms with Gasteiger partial charge in [0.15, 0.2) is 5.78 Å². The van der Waals surface area contributed by atoms with Gasteiger partial charge in [-0.3, -0.25) is 9.59 Å². The fourth-order valence-corrected chi connectivity index (χ4v) is 6.27. The van der Waals surface area contributed by atoms with E-state index in [-0.39, 0.29) is 5.78 Å². The SMILES string of the molecule is CCCCCCCCC(SC)C(CCCCCCCCC/C=C/C(=O)/C=C/C=O)SC. The van der Waals surface area contributed by atoms with Gasteiger partial charge in [-0.1, -0.05) is 90.0 Å². The van der Waals surface area contributed by atoms with Crippen molar-refractivity contribution >= 4 is 35.6 Å². The molecule has 0 saturated heterocycles. The van der Waals surface area contributed by atoms with E-state index in [0.717, 1.165) is 23.3 Å². The third-order valence-electron chi connectivity index (χ3n) is 5.84. The molecule has 2 atom stereocenters. The molecule has 31 heavy (non-hydrogen) atoms. The smallest absolute Gasteiger partial charge is 0.178 e. The van der Waals surface area contributed by atoms with Crippen LogP contribution in [0.25, 0.3) is 0 Å². The maximum Gasteiger partial charge on any atom is 0.178 e. The lowest BCUT2D eigenvalue weighted by atomic mass is 10.0. The summed E-state index contributed by atoms with van der Waals surface area (Å²) < 4.78 is 0. The molecule has 0 saturated carbocycles. The predicted octanol–water partition coefficient (Wildman–Crippen LogP) is 8.59. The summed E-state index contributed by atoms with van der Waals surface area (Å²) in [7, 11) is 0. The van der Waals surface area contributed by atoms with Crippen LogP contribution in [0, 0.1) is 0 Å². The quantitative estimate of drug-likeness (QED) is 0.0854. The summed E-state index contributed by atoms with van der Waals surface area (Å²) >= 11 is 4.18. The van der Waals surface area contributed by atoms with Crippen LogP contribution in [-0.4, -0.2) is 35.1 Å². The van der Waals surface area contributed by atoms with Crippen molar-refractivity contribution < 1.29 is 9.59 Å². The maximum atomic E-state index is 11.3. The molecule has 0 heterocycles. The number of allylic oxidation sites excluding steroid dienone is 4. The molecule has 0 bridgehead atoms. The van der Waals surface area contributed by atoms with Crippen LogP contribution >= 0.6 is 23.5 Å². The lowest BCUT2D eigenvalue weighted by Gasteiger charge is -2.24. The first-order valence-electron chi connectivity index (χ1n) is 12.6. The van der Waals surface area contributed by atoms with Gasteiger partial charge >= 0.3 is 0 Å². The fourth-order valence-electron chi connectivity index (χ4n) is 3.92. The number of rotatable bonds is 23. The Morgan fingerprint density at radius 2 is 1.19 bits per heavy atom. The Hall–Kier alpha value is -0.480. The molecule has 180 valence electrons. The summed E-state index contributed by atoms with van der Waals surface area (Å²) in [4.78, 5) is 21.5. The number of aldehydes is 1. The van der Waals surface area contributed by atoms with Crippen LogP contribution in [-0.2, 0) is 9.59 Å². The van der Waals surface area contributed by atoms with E-state index in [4.69, 9.17) is 0 Å². The molecule has 0 aliphatic rings. The van der Waals surface area contributed by atoms with E-state index in [9.17, 15) is 9.59 Å². The standard InChI is InChI=1S/C27H48O2S2/c1-4-5-6-7-14-17-22-26(30-2)27(31-3)23-18-15-12-10-8-9-11-13-16-20-25(29)21-19-24-28/h16,19-21,24,26-27H,4-15,17-18,22-23H2,1-3H3/b20-16+,21-19+. The second-order valence-corrected chi connectivity index (χ2v) is 10.6. The van der Waals surface area contributed by atoms with Gasteiger partial charge in [0.25, 0.3) is 0 Å². The van der Waals surface area contributed by atoms with E-state index in [1.807, 2.05) is 6.08 Å². The van der Waals surface area contributed by atoms with E-state index >= 15 is 0 Å². The van der Waals surface area contributed by atoms with Crippen LogP contribution in [0.15, 0.2) is 24.3 Å². The van der Waals surface area contributed by atoms with Crippen LogP contribution < -0.4 is 0 Å². The van der Waals surface area contributed by atoms with E-state index in [1.165, 1.54) is 102 Å². The molecule has 0 aliphatic carbocycles. The third kappa shape index (κ3) is 19.9. The molecule has 2 nitrogen and oxygen atoms in total. The van der Waals surface area contributed by atoms with Crippen molar-refractivity contribution in [3.05, 3.63) is 24.3 Å². The summed E-state index contributed by atoms with van der Waals surface area (Å²) in [6, 6.07) is 0. The molecule has 2 unspecified atom stereocenters. The minimum absolute atomic E-state index is 0.105. The number of thioether (sulfide) groups is 2. The Balaban J connectivity index is 3.70. The van der Waals surface area contributed by atoms with Crippen molar-refractivity contribution in [2.75, 3.05) is 12.5 Å². The molecule has 0 aromatic carbocycles. The Labute approximate surface area is 201 Å². The zero-order chi connectivity index (χ0) is 23.0. The Kier molecular flexibility index (Phi) is 23.8. The van der Waals surface area contributed by atoms with E-state index in [2.05, 4.69) is 43.0 Å². The molecule has 0 fully saturated rings. The third-order valence-corrected chi connectivity index (χ3v) is 8.35. The van der Waals surface area contributed by atoms with E-state index in [1.54, 1.807) is 6.08 Å². The molecular weight excluding hydrogens is 420 g/mol. The number of carbonyl (C=O) groups excluding carboxylic acids is 2. The number of unbranched alkanes of at least 4 members (excludes halogenated alkanes) is 12. The van der Waals surface area contributed by atoms with Crippen LogP contribution in [0.4, 0.5) is 0 Å². The summed E-state index contributed by atoms with van der Waals surface area (Å²) in [5.41, 5.74) is 0. The molecule has 0 spiro atoms. The highest BCUT2D eigenvalue weighted by Gasteiger charge is 2.18. The number of carbonyl (C=O) groups is 2. The molecule has 0 N–H and O–H groups in total. The molecule has 0 aromatic rings. The van der Waals surface area contributed by atoms with Gasteiger partial charge in [-0.25, -0.2) is 0 Å². The van der Waals surface area contributed by atoms with Gasteiger partial charge in [-0.15, -0.1) is 0 Å². The van der Waals surface area contributed by atoms with Crippen molar-refractivity contribution in [1.29, 1.82) is 0 Å². The first-order chi connectivity index (χ1) is 15.2. The van der Waals surface area contributed by atoms with Crippen LogP contribution in [0.5, 0.6) is 0 Å². The highest BCUT2D eigenvalue weighted by atomic mass is 32.2. The van der Waals surface area contributed by atoms with E-state index < -0.39 is 0 Å². The minimum Gasteiger partial charge on any atom is -0.299 e. The summed E-state index contributed by atoms with van der Waals surface area (Å²) in [6.45, 7) is 2.29. The van der Waals surface area contributed by atoms with Gasteiger partial charge in [0, 0.05) is 10.5 Å². The molecule has 0 rings (SSSR count). The topological polar surface area (TPSA) is 34.1 Å². The van der Waals surface area contributed by atoms with E-state index in [0.29, 0.717) is 6.29 Å². The first kappa shape index (κ1) is 30.5. The van der Waals surface area contributed by atoms with Crippen molar-refractivity contribution in [2.45, 2.75) is 120 Å². The molecule has 0 aliphatic heterocycles. The summed E-state index contributed by atoms with van der Waals surface area (Å²) in [5, 5.41) is 1.65. The largest absolute Gasteiger partial charge is 0.299 e. The molecule has 0 aromatic heterocycles. The molecule has 0 amide bonds. The van der Waals surface area contributed by atoms with Crippen LogP contribution in [0.1, 0.15) is 110 Å².